The number of aromatic nitrogens is 5. The molecule has 0 fully saturated rings. The van der Waals surface area contributed by atoms with Crippen LogP contribution in [0.15, 0.2) is 138 Å². The highest BCUT2D eigenvalue weighted by atomic mass is 32.2. The Bertz CT molecular complexity index is 2000. The van der Waals surface area contributed by atoms with E-state index in [1.165, 1.54) is 10.8 Å². The number of fused-ring (bicyclic) bond motifs is 3. The largest absolute Gasteiger partial charge is 0.306 e. The van der Waals surface area contributed by atoms with Crippen LogP contribution in [0.3, 0.4) is 0 Å². The molecule has 3 heterocycles. The molecule has 0 saturated heterocycles. The van der Waals surface area contributed by atoms with Crippen molar-refractivity contribution in [1.29, 1.82) is 0 Å². The molecule has 38 heavy (non-hydrogen) atoms. The van der Waals surface area contributed by atoms with Crippen LogP contribution >= 0.6 is 0 Å². The van der Waals surface area contributed by atoms with Crippen LogP contribution in [0.2, 0.25) is 0 Å². The van der Waals surface area contributed by atoms with E-state index in [9.17, 15) is 8.42 Å². The molecule has 0 aliphatic rings. The van der Waals surface area contributed by atoms with Crippen LogP contribution in [-0.4, -0.2) is 32.5 Å². The van der Waals surface area contributed by atoms with E-state index in [1.54, 1.807) is 70.4 Å². The Labute approximate surface area is 218 Å². The van der Waals surface area contributed by atoms with Gasteiger partial charge in [0.1, 0.15) is 0 Å². The Hall–Kier alpha value is -4.95. The second-order valence-electron chi connectivity index (χ2n) is 8.96. The Kier molecular flexibility index (Phi) is 5.02. The van der Waals surface area contributed by atoms with Gasteiger partial charge in [0.05, 0.1) is 50.3 Å². The fraction of sp³-hybridized carbons (Fsp3) is 0. The van der Waals surface area contributed by atoms with Gasteiger partial charge < -0.3 is 4.57 Å². The predicted octanol–water partition coefficient (Wildman–Crippen LogP) is 5.99. The van der Waals surface area contributed by atoms with Crippen molar-refractivity contribution in [2.24, 2.45) is 0 Å². The Balaban J connectivity index is 1.29. The highest BCUT2D eigenvalue weighted by Gasteiger charge is 2.20. The van der Waals surface area contributed by atoms with Gasteiger partial charge in [-0.1, -0.05) is 48.5 Å². The first-order valence-electron chi connectivity index (χ1n) is 12.1. The minimum absolute atomic E-state index is 0.196. The van der Waals surface area contributed by atoms with Gasteiger partial charge in [-0.2, -0.15) is 10.2 Å². The molecule has 0 aliphatic heterocycles. The van der Waals surface area contributed by atoms with E-state index in [0.29, 0.717) is 11.4 Å². The topological polar surface area (TPSA) is 74.7 Å². The van der Waals surface area contributed by atoms with Gasteiger partial charge in [-0.05, 0) is 54.6 Å². The third-order valence-electron chi connectivity index (χ3n) is 6.70. The molecule has 184 valence electrons. The third-order valence-corrected chi connectivity index (χ3v) is 8.45. The van der Waals surface area contributed by atoms with Crippen molar-refractivity contribution in [2.75, 3.05) is 0 Å². The number of rotatable bonds is 5. The molecule has 0 saturated carbocycles. The molecular weight excluding hydrogens is 494 g/mol. The zero-order chi connectivity index (χ0) is 25.7. The first-order chi connectivity index (χ1) is 18.6. The normalized spacial score (nSPS) is 11.9. The molecule has 0 amide bonds. The summed E-state index contributed by atoms with van der Waals surface area (Å²) in [6, 6.07) is 32.0. The maximum absolute atomic E-state index is 13.6. The van der Waals surface area contributed by atoms with Crippen molar-refractivity contribution in [3.8, 4) is 17.1 Å². The van der Waals surface area contributed by atoms with Crippen LogP contribution in [0.25, 0.3) is 38.9 Å². The molecule has 0 unspecified atom stereocenters. The van der Waals surface area contributed by atoms with E-state index < -0.39 is 9.84 Å². The molecule has 4 aromatic carbocycles. The van der Waals surface area contributed by atoms with Gasteiger partial charge >= 0.3 is 0 Å². The Morgan fingerprint density at radius 2 is 1.18 bits per heavy atom. The maximum Gasteiger partial charge on any atom is 0.206 e. The molecule has 8 heteroatoms. The lowest BCUT2D eigenvalue weighted by molar-refractivity contribution is 0.596. The summed E-state index contributed by atoms with van der Waals surface area (Å²) in [5.41, 5.74) is 4.39. The quantitative estimate of drug-likeness (QED) is 0.282. The molecule has 0 radical (unpaired) electrons. The van der Waals surface area contributed by atoms with Gasteiger partial charge in [0, 0.05) is 23.2 Å². The van der Waals surface area contributed by atoms with Crippen LogP contribution in [-0.2, 0) is 9.84 Å². The third kappa shape index (κ3) is 3.54. The van der Waals surface area contributed by atoms with Gasteiger partial charge in [0.25, 0.3) is 0 Å². The number of benzene rings is 4. The van der Waals surface area contributed by atoms with Crippen molar-refractivity contribution >= 4 is 31.6 Å². The molecule has 0 bridgehead atoms. The average molecular weight is 516 g/mol. The van der Waals surface area contributed by atoms with Crippen molar-refractivity contribution < 1.29 is 8.42 Å². The highest BCUT2D eigenvalue weighted by molar-refractivity contribution is 7.91. The smallest absolute Gasteiger partial charge is 0.206 e. The summed E-state index contributed by atoms with van der Waals surface area (Å²) in [5.74, 6) is 0. The van der Waals surface area contributed by atoms with Crippen LogP contribution in [0.5, 0.6) is 0 Å². The van der Waals surface area contributed by atoms with Crippen LogP contribution in [0.1, 0.15) is 0 Å². The SMILES string of the molecule is O=S(=O)(c1cccc(-n2cccn2)c1)c1cccc(-n2cc(-n3c4ccccc4c4ccccc43)cn2)c1. The lowest BCUT2D eigenvalue weighted by Gasteiger charge is -2.09. The minimum Gasteiger partial charge on any atom is -0.306 e. The summed E-state index contributed by atoms with van der Waals surface area (Å²) in [7, 11) is -3.76. The van der Waals surface area contributed by atoms with Crippen molar-refractivity contribution in [3.63, 3.8) is 0 Å². The number of nitrogens with zero attached hydrogens (tertiary/aromatic N) is 5. The lowest BCUT2D eigenvalue weighted by Crippen LogP contribution is -2.05. The monoisotopic (exact) mass is 515 g/mol. The summed E-state index contributed by atoms with van der Waals surface area (Å²) >= 11 is 0. The number of sulfone groups is 1. The molecule has 3 aromatic heterocycles. The van der Waals surface area contributed by atoms with Gasteiger partial charge in [0.15, 0.2) is 0 Å². The fourth-order valence-electron chi connectivity index (χ4n) is 4.91. The van der Waals surface area contributed by atoms with Crippen LogP contribution in [0.4, 0.5) is 0 Å². The standard InChI is InChI=1S/C30H21N5O2S/c36-38(37,25-10-5-8-22(18-25)33-17-7-16-31-33)26-11-6-9-23(19-26)34-21-24(20-32-34)35-29-14-3-1-12-27(29)28-13-2-4-15-30(28)35/h1-21H. The molecule has 7 aromatic rings. The van der Waals surface area contributed by atoms with E-state index >= 15 is 0 Å². The molecular formula is C30H21N5O2S. The zero-order valence-electron chi connectivity index (χ0n) is 20.1. The summed E-state index contributed by atoms with van der Waals surface area (Å²) in [6.07, 6.45) is 7.15. The van der Waals surface area contributed by atoms with Gasteiger partial charge in [-0.25, -0.2) is 17.8 Å². The molecule has 0 spiro atoms. The molecule has 0 atom stereocenters. The van der Waals surface area contributed by atoms with E-state index in [0.717, 1.165) is 16.7 Å². The average Bonchev–Trinajstić information content (AvgIpc) is 3.73. The van der Waals surface area contributed by atoms with Crippen LogP contribution in [0, 0.1) is 0 Å². The molecule has 0 N–H and O–H groups in total. The zero-order valence-corrected chi connectivity index (χ0v) is 20.9. The Morgan fingerprint density at radius 1 is 0.579 bits per heavy atom. The molecule has 7 nitrogen and oxygen atoms in total. The second kappa shape index (κ2) is 8.57. The van der Waals surface area contributed by atoms with E-state index in [-0.39, 0.29) is 9.79 Å². The van der Waals surface area contributed by atoms with Crippen LogP contribution < -0.4 is 0 Å². The predicted molar refractivity (Wildman–Crippen MR) is 147 cm³/mol. The van der Waals surface area contributed by atoms with Gasteiger partial charge in [0.2, 0.25) is 9.84 Å². The number of para-hydroxylation sites is 2. The summed E-state index contributed by atoms with van der Waals surface area (Å²) in [4.78, 5) is 0.399. The number of hydrogen-bond donors (Lipinski definition) is 0. The van der Waals surface area contributed by atoms with Crippen molar-refractivity contribution in [2.45, 2.75) is 9.79 Å². The molecule has 7 rings (SSSR count). The van der Waals surface area contributed by atoms with Gasteiger partial charge in [-0.15, -0.1) is 0 Å². The van der Waals surface area contributed by atoms with E-state index in [1.807, 2.05) is 42.6 Å². The second-order valence-corrected chi connectivity index (χ2v) is 10.9. The van der Waals surface area contributed by atoms with Crippen molar-refractivity contribution in [3.05, 3.63) is 128 Å². The first kappa shape index (κ1) is 22.3. The summed E-state index contributed by atoms with van der Waals surface area (Å²) in [6.45, 7) is 0. The Morgan fingerprint density at radius 3 is 1.79 bits per heavy atom. The summed E-state index contributed by atoms with van der Waals surface area (Å²) < 4.78 is 32.6. The highest BCUT2D eigenvalue weighted by Crippen LogP contribution is 2.32. The minimum atomic E-state index is -3.76. The maximum atomic E-state index is 13.6. The molecule has 0 aliphatic carbocycles. The lowest BCUT2D eigenvalue weighted by atomic mass is 10.2. The van der Waals surface area contributed by atoms with Crippen molar-refractivity contribution in [1.82, 2.24) is 24.1 Å². The van der Waals surface area contributed by atoms with E-state index in [4.69, 9.17) is 0 Å². The first-order valence-corrected chi connectivity index (χ1v) is 13.6. The van der Waals surface area contributed by atoms with Gasteiger partial charge in [-0.3, -0.25) is 0 Å². The number of hydrogen-bond acceptors (Lipinski definition) is 4. The fourth-order valence-corrected chi connectivity index (χ4v) is 6.25. The van der Waals surface area contributed by atoms with E-state index in [2.05, 4.69) is 39.0 Å². The summed E-state index contributed by atoms with van der Waals surface area (Å²) in [5, 5.41) is 11.1.